The van der Waals surface area contributed by atoms with Gasteiger partial charge in [-0.25, -0.2) is 14.8 Å². The zero-order chi connectivity index (χ0) is 15.8. The molecule has 116 valence electrons. The van der Waals surface area contributed by atoms with Gasteiger partial charge in [0.05, 0.1) is 18.3 Å². The van der Waals surface area contributed by atoms with Crippen LogP contribution in [-0.4, -0.2) is 53.3 Å². The highest BCUT2D eigenvalue weighted by atomic mass is 35.5. The highest BCUT2D eigenvalue weighted by Crippen LogP contribution is 2.16. The number of hydrogen-bond acceptors (Lipinski definition) is 7. The van der Waals surface area contributed by atoms with Crippen LogP contribution in [0.3, 0.4) is 0 Å². The Morgan fingerprint density at radius 3 is 2.76 bits per heavy atom. The lowest BCUT2D eigenvalue weighted by Gasteiger charge is -2.16. The van der Waals surface area contributed by atoms with Crippen LogP contribution in [0.5, 0.6) is 0 Å². The monoisotopic (exact) mass is 349 g/mol. The lowest BCUT2D eigenvalue weighted by Crippen LogP contribution is -2.42. The maximum absolute atomic E-state index is 12.2. The quantitative estimate of drug-likeness (QED) is 0.457. The molecule has 1 atom stereocenters. The fraction of sp³-hybridized carbons (Fsp3) is 0.500. The molecule has 0 radical (unpaired) electrons. The summed E-state index contributed by atoms with van der Waals surface area (Å²) in [4.78, 5) is 31.9. The van der Waals surface area contributed by atoms with Crippen molar-refractivity contribution < 1.29 is 14.3 Å². The molecule has 21 heavy (non-hydrogen) atoms. The Morgan fingerprint density at radius 1 is 1.48 bits per heavy atom. The highest BCUT2D eigenvalue weighted by Gasteiger charge is 2.24. The van der Waals surface area contributed by atoms with E-state index in [1.54, 1.807) is 18.0 Å². The molecule has 9 heteroatoms. The van der Waals surface area contributed by atoms with Crippen molar-refractivity contribution in [3.63, 3.8) is 0 Å². The zero-order valence-electron chi connectivity index (χ0n) is 11.9. The van der Waals surface area contributed by atoms with Crippen molar-refractivity contribution in [3.8, 4) is 0 Å². The summed E-state index contributed by atoms with van der Waals surface area (Å²) in [5.41, 5.74) is 0.0501. The summed E-state index contributed by atoms with van der Waals surface area (Å²) in [6.45, 7) is 0. The molecule has 1 heterocycles. The number of nitrogens with zero attached hydrogens (tertiary/aromatic N) is 2. The Bertz CT molecular complexity index is 517. The minimum Gasteiger partial charge on any atom is -0.467 e. The van der Waals surface area contributed by atoms with Crippen molar-refractivity contribution in [1.82, 2.24) is 15.3 Å². The standard InChI is InChI=1S/C12H16ClN3O3S2/c1-19-11(18)8(4-5-20-2)15-10(17)9-7(13)6-14-12(16-9)21-3/h6,8H,4-5H2,1-3H3,(H,15,17)/t8-/m1/s1. The van der Waals surface area contributed by atoms with Crippen LogP contribution in [0.25, 0.3) is 0 Å². The number of halogens is 1. The molecule has 0 aliphatic heterocycles. The third-order valence-electron chi connectivity index (χ3n) is 2.52. The Balaban J connectivity index is 2.88. The number of hydrogen-bond donors (Lipinski definition) is 1. The summed E-state index contributed by atoms with van der Waals surface area (Å²) in [6, 6.07) is -0.723. The SMILES string of the molecule is COC(=O)[C@@H](CCSC)NC(=O)c1nc(SC)ncc1Cl. The van der Waals surface area contributed by atoms with Gasteiger partial charge < -0.3 is 10.1 Å². The van der Waals surface area contributed by atoms with Gasteiger partial charge in [0, 0.05) is 0 Å². The average molecular weight is 350 g/mol. The first kappa shape index (κ1) is 18.1. The fourth-order valence-corrected chi connectivity index (χ4v) is 2.45. The van der Waals surface area contributed by atoms with Crippen molar-refractivity contribution in [2.45, 2.75) is 17.6 Å². The maximum Gasteiger partial charge on any atom is 0.328 e. The lowest BCUT2D eigenvalue weighted by atomic mass is 10.2. The molecule has 0 saturated heterocycles. The molecule has 1 N–H and O–H groups in total. The smallest absolute Gasteiger partial charge is 0.328 e. The number of rotatable bonds is 7. The number of carbonyl (C=O) groups excluding carboxylic acids is 2. The van der Waals surface area contributed by atoms with Crippen LogP contribution < -0.4 is 5.32 Å². The molecule has 0 spiro atoms. The largest absolute Gasteiger partial charge is 0.467 e. The summed E-state index contributed by atoms with van der Waals surface area (Å²) in [5, 5.41) is 3.17. The normalized spacial score (nSPS) is 11.8. The zero-order valence-corrected chi connectivity index (χ0v) is 14.3. The molecule has 1 rings (SSSR count). The van der Waals surface area contributed by atoms with Gasteiger partial charge in [0.15, 0.2) is 10.9 Å². The van der Waals surface area contributed by atoms with Gasteiger partial charge >= 0.3 is 5.97 Å². The molecule has 0 fully saturated rings. The van der Waals surface area contributed by atoms with Crippen molar-refractivity contribution in [2.24, 2.45) is 0 Å². The second-order valence-corrected chi connectivity index (χ2v) is 6.05. The molecule has 1 amide bonds. The third kappa shape index (κ3) is 5.37. The van der Waals surface area contributed by atoms with E-state index in [0.29, 0.717) is 17.3 Å². The molecule has 6 nitrogen and oxygen atoms in total. The molecular weight excluding hydrogens is 334 g/mol. The van der Waals surface area contributed by atoms with Crippen molar-refractivity contribution >= 4 is 47.0 Å². The van der Waals surface area contributed by atoms with Crippen molar-refractivity contribution in [3.05, 3.63) is 16.9 Å². The number of ether oxygens (including phenoxy) is 1. The summed E-state index contributed by atoms with van der Waals surface area (Å²) >= 11 is 8.81. The van der Waals surface area contributed by atoms with Crippen molar-refractivity contribution in [1.29, 1.82) is 0 Å². The summed E-state index contributed by atoms with van der Waals surface area (Å²) in [6.07, 6.45) is 5.55. The van der Waals surface area contributed by atoms with Gasteiger partial charge in [0.1, 0.15) is 6.04 Å². The first-order valence-corrected chi connectivity index (χ1v) is 8.97. The Morgan fingerprint density at radius 2 is 2.19 bits per heavy atom. The van der Waals surface area contributed by atoms with E-state index >= 15 is 0 Å². The number of nitrogens with one attached hydrogen (secondary N) is 1. The van der Waals surface area contributed by atoms with Crippen LogP contribution in [0.1, 0.15) is 16.9 Å². The number of aromatic nitrogens is 2. The van der Waals surface area contributed by atoms with Crippen LogP contribution in [0.15, 0.2) is 11.4 Å². The van der Waals surface area contributed by atoms with Gasteiger partial charge in [-0.2, -0.15) is 11.8 Å². The average Bonchev–Trinajstić information content (AvgIpc) is 2.50. The molecule has 1 aromatic heterocycles. The van der Waals surface area contributed by atoms with Crippen LogP contribution in [-0.2, 0) is 9.53 Å². The number of thioether (sulfide) groups is 2. The lowest BCUT2D eigenvalue weighted by molar-refractivity contribution is -0.142. The fourth-order valence-electron chi connectivity index (χ4n) is 1.46. The summed E-state index contributed by atoms with van der Waals surface area (Å²) in [7, 11) is 1.28. The van der Waals surface area contributed by atoms with E-state index < -0.39 is 17.9 Å². The van der Waals surface area contributed by atoms with E-state index in [1.807, 2.05) is 6.26 Å². The summed E-state index contributed by atoms with van der Waals surface area (Å²) < 4.78 is 4.69. The molecule has 0 aromatic carbocycles. The molecular formula is C12H16ClN3O3S2. The minimum atomic E-state index is -0.723. The highest BCUT2D eigenvalue weighted by molar-refractivity contribution is 7.98. The Labute approximate surface area is 136 Å². The van der Waals surface area contributed by atoms with E-state index in [1.165, 1.54) is 25.1 Å². The van der Waals surface area contributed by atoms with Crippen LogP contribution in [0, 0.1) is 0 Å². The topological polar surface area (TPSA) is 81.2 Å². The van der Waals surface area contributed by atoms with Crippen LogP contribution >= 0.6 is 35.1 Å². The van der Waals surface area contributed by atoms with Gasteiger partial charge in [-0.05, 0) is 24.7 Å². The van der Waals surface area contributed by atoms with Crippen LogP contribution in [0.4, 0.5) is 0 Å². The Hall–Kier alpha value is -0.990. The minimum absolute atomic E-state index is 0.0501. The maximum atomic E-state index is 12.2. The van der Waals surface area contributed by atoms with E-state index in [9.17, 15) is 9.59 Å². The first-order chi connectivity index (χ1) is 10.0. The van der Waals surface area contributed by atoms with E-state index in [-0.39, 0.29) is 10.7 Å². The van der Waals surface area contributed by atoms with E-state index in [0.717, 1.165) is 0 Å². The van der Waals surface area contributed by atoms with Crippen LogP contribution in [0.2, 0.25) is 5.02 Å². The predicted octanol–water partition coefficient (Wildman–Crippen LogP) is 1.88. The van der Waals surface area contributed by atoms with Crippen molar-refractivity contribution in [2.75, 3.05) is 25.4 Å². The molecule has 0 saturated carbocycles. The van der Waals surface area contributed by atoms with E-state index in [2.05, 4.69) is 20.0 Å². The first-order valence-electron chi connectivity index (χ1n) is 5.97. The van der Waals surface area contributed by atoms with E-state index in [4.69, 9.17) is 11.6 Å². The number of methoxy groups -OCH3 is 1. The number of amides is 1. The second-order valence-electron chi connectivity index (χ2n) is 3.88. The van der Waals surface area contributed by atoms with Gasteiger partial charge in [-0.3, -0.25) is 4.79 Å². The molecule has 0 aliphatic carbocycles. The summed E-state index contributed by atoms with van der Waals surface area (Å²) in [5.74, 6) is -0.296. The van der Waals surface area contributed by atoms with Gasteiger partial charge in [0.2, 0.25) is 0 Å². The molecule has 1 aromatic rings. The molecule has 0 unspecified atom stereocenters. The third-order valence-corrected chi connectivity index (χ3v) is 4.00. The van der Waals surface area contributed by atoms with Gasteiger partial charge in [-0.15, -0.1) is 0 Å². The van der Waals surface area contributed by atoms with Gasteiger partial charge in [-0.1, -0.05) is 23.4 Å². The molecule has 0 aliphatic rings. The number of carbonyl (C=O) groups is 2. The van der Waals surface area contributed by atoms with Gasteiger partial charge in [0.25, 0.3) is 5.91 Å². The number of esters is 1. The second kappa shape index (κ2) is 9.11. The molecule has 0 bridgehead atoms. The Kier molecular flexibility index (Phi) is 7.84. The predicted molar refractivity (Wildman–Crippen MR) is 85.1 cm³/mol.